The van der Waals surface area contributed by atoms with E-state index in [-0.39, 0.29) is 16.0 Å². The van der Waals surface area contributed by atoms with Crippen LogP contribution in [-0.4, -0.2) is 10.6 Å². The first-order valence-electron chi connectivity index (χ1n) is 8.10. The average Bonchev–Trinajstić information content (AvgIpc) is 2.89. The average molecular weight is 306 g/mol. The van der Waals surface area contributed by atoms with Crippen molar-refractivity contribution in [3.8, 4) is 0 Å². The van der Waals surface area contributed by atoms with Crippen LogP contribution in [0.5, 0.6) is 0 Å². The van der Waals surface area contributed by atoms with Crippen molar-refractivity contribution in [2.45, 2.75) is 37.5 Å². The Morgan fingerprint density at radius 3 is 2.65 bits per heavy atom. The monoisotopic (exact) mass is 306 g/mol. The molecule has 0 bridgehead atoms. The lowest BCUT2D eigenvalue weighted by molar-refractivity contribution is -0.384. The van der Waals surface area contributed by atoms with Crippen LogP contribution in [0.3, 0.4) is 0 Å². The van der Waals surface area contributed by atoms with Gasteiger partial charge in [-0.2, -0.15) is 0 Å². The summed E-state index contributed by atoms with van der Waals surface area (Å²) in [5, 5.41) is 10.8. The van der Waals surface area contributed by atoms with Crippen molar-refractivity contribution in [3.05, 3.63) is 69.8 Å². The Bertz CT molecular complexity index is 795. The molecule has 4 heteroatoms. The fourth-order valence-electron chi connectivity index (χ4n) is 4.05. The quantitative estimate of drug-likeness (QED) is 0.607. The van der Waals surface area contributed by atoms with E-state index in [1.165, 1.54) is 24.1 Å². The van der Waals surface area contributed by atoms with Gasteiger partial charge in [0.1, 0.15) is 0 Å². The van der Waals surface area contributed by atoms with Crippen LogP contribution in [0.1, 0.15) is 36.8 Å². The first-order valence-corrected chi connectivity index (χ1v) is 8.10. The van der Waals surface area contributed by atoms with Crippen molar-refractivity contribution in [2.75, 3.05) is 0 Å². The normalized spacial score (nSPS) is 22.2. The van der Waals surface area contributed by atoms with Crippen molar-refractivity contribution in [2.24, 2.45) is 4.99 Å². The van der Waals surface area contributed by atoms with Crippen LogP contribution in [0.4, 0.5) is 11.4 Å². The summed E-state index contributed by atoms with van der Waals surface area (Å²) in [7, 11) is 0. The van der Waals surface area contributed by atoms with Crippen LogP contribution in [-0.2, 0) is 11.8 Å². The molecule has 1 fully saturated rings. The highest BCUT2D eigenvalue weighted by Gasteiger charge is 2.44. The van der Waals surface area contributed by atoms with Crippen molar-refractivity contribution >= 4 is 17.1 Å². The van der Waals surface area contributed by atoms with E-state index in [9.17, 15) is 10.1 Å². The molecular weight excluding hydrogens is 288 g/mol. The van der Waals surface area contributed by atoms with E-state index in [1.807, 2.05) is 18.2 Å². The molecule has 4 nitrogen and oxygen atoms in total. The summed E-state index contributed by atoms with van der Waals surface area (Å²) in [5.41, 5.74) is 5.01. The standard InChI is InChI=1S/C19H18N2O2/c22-21(23)15-10-8-14(9-11-15)13-19-12-4-3-7-18(19)20-17-6-2-1-5-16(17)19/h1-2,5-6,8-11H,3-4,7,12-13H2/t19-/m1/s1. The zero-order valence-electron chi connectivity index (χ0n) is 12.9. The third-order valence-electron chi connectivity index (χ3n) is 5.15. The zero-order chi connectivity index (χ0) is 15.9. The highest BCUT2D eigenvalue weighted by Crippen LogP contribution is 2.49. The van der Waals surface area contributed by atoms with Crippen molar-refractivity contribution < 1.29 is 4.92 Å². The van der Waals surface area contributed by atoms with Gasteiger partial charge in [0.05, 0.1) is 10.6 Å². The Morgan fingerprint density at radius 1 is 1.09 bits per heavy atom. The Kier molecular flexibility index (Phi) is 3.26. The van der Waals surface area contributed by atoms with Gasteiger partial charge in [-0.05, 0) is 42.9 Å². The van der Waals surface area contributed by atoms with Crippen LogP contribution in [0, 0.1) is 10.1 Å². The summed E-state index contributed by atoms with van der Waals surface area (Å²) >= 11 is 0. The molecule has 0 N–H and O–H groups in total. The topological polar surface area (TPSA) is 55.5 Å². The minimum atomic E-state index is -0.347. The summed E-state index contributed by atoms with van der Waals surface area (Å²) in [6.07, 6.45) is 5.46. The molecule has 4 rings (SSSR count). The molecule has 1 heterocycles. The van der Waals surface area contributed by atoms with Crippen molar-refractivity contribution in [3.63, 3.8) is 0 Å². The molecule has 0 saturated heterocycles. The lowest BCUT2D eigenvalue weighted by Gasteiger charge is -2.36. The molecule has 1 atom stereocenters. The van der Waals surface area contributed by atoms with E-state index in [2.05, 4.69) is 18.2 Å². The number of fused-ring (bicyclic) bond motifs is 3. The molecule has 0 aromatic heterocycles. The molecule has 1 aliphatic heterocycles. The van der Waals surface area contributed by atoms with Gasteiger partial charge in [0.2, 0.25) is 0 Å². The maximum absolute atomic E-state index is 10.8. The highest BCUT2D eigenvalue weighted by atomic mass is 16.6. The van der Waals surface area contributed by atoms with E-state index in [4.69, 9.17) is 4.99 Å². The zero-order valence-corrected chi connectivity index (χ0v) is 12.9. The number of nitro benzene ring substituents is 1. The van der Waals surface area contributed by atoms with Crippen molar-refractivity contribution in [1.29, 1.82) is 0 Å². The fourth-order valence-corrected chi connectivity index (χ4v) is 4.05. The van der Waals surface area contributed by atoms with Crippen molar-refractivity contribution in [1.82, 2.24) is 0 Å². The van der Waals surface area contributed by atoms with E-state index in [1.54, 1.807) is 12.1 Å². The molecule has 1 saturated carbocycles. The molecule has 2 aliphatic rings. The van der Waals surface area contributed by atoms with Gasteiger partial charge in [0.25, 0.3) is 5.69 Å². The molecular formula is C19H18N2O2. The largest absolute Gasteiger partial charge is 0.269 e. The maximum atomic E-state index is 10.8. The van der Waals surface area contributed by atoms with Crippen LogP contribution in [0.2, 0.25) is 0 Å². The van der Waals surface area contributed by atoms with Crippen LogP contribution >= 0.6 is 0 Å². The number of nitro groups is 1. The van der Waals surface area contributed by atoms with Gasteiger partial charge in [-0.1, -0.05) is 36.8 Å². The molecule has 0 spiro atoms. The second-order valence-electron chi connectivity index (χ2n) is 6.47. The molecule has 0 amide bonds. The van der Waals surface area contributed by atoms with Gasteiger partial charge in [-0.3, -0.25) is 15.1 Å². The number of non-ortho nitro benzene ring substituents is 1. The highest BCUT2D eigenvalue weighted by molar-refractivity contribution is 6.02. The van der Waals surface area contributed by atoms with Gasteiger partial charge >= 0.3 is 0 Å². The number of nitrogens with zero attached hydrogens (tertiary/aromatic N) is 2. The first kappa shape index (κ1) is 14.1. The fraction of sp³-hybridized carbons (Fsp3) is 0.316. The van der Waals surface area contributed by atoms with E-state index in [0.29, 0.717) is 0 Å². The van der Waals surface area contributed by atoms with Gasteiger partial charge < -0.3 is 0 Å². The molecule has 23 heavy (non-hydrogen) atoms. The number of rotatable bonds is 3. The SMILES string of the molecule is O=[N+]([O-])c1ccc(C[C@@]23CCCCC2=Nc2ccccc23)cc1. The first-order chi connectivity index (χ1) is 11.2. The number of hydrogen-bond donors (Lipinski definition) is 0. The Hall–Kier alpha value is -2.49. The summed E-state index contributed by atoms with van der Waals surface area (Å²) in [6, 6.07) is 15.4. The maximum Gasteiger partial charge on any atom is 0.269 e. The van der Waals surface area contributed by atoms with E-state index >= 15 is 0 Å². The number of para-hydroxylation sites is 1. The number of aliphatic imine (C=N–C) groups is 1. The third-order valence-corrected chi connectivity index (χ3v) is 5.15. The minimum absolute atomic E-state index is 0.00895. The Balaban J connectivity index is 1.73. The lowest BCUT2D eigenvalue weighted by Crippen LogP contribution is -2.38. The molecule has 0 unspecified atom stereocenters. The smallest absolute Gasteiger partial charge is 0.258 e. The van der Waals surface area contributed by atoms with Gasteiger partial charge in [-0.15, -0.1) is 0 Å². The molecule has 2 aromatic rings. The van der Waals surface area contributed by atoms with E-state index in [0.717, 1.165) is 30.5 Å². The van der Waals surface area contributed by atoms with Crippen LogP contribution in [0.15, 0.2) is 53.5 Å². The summed E-state index contributed by atoms with van der Waals surface area (Å²) in [6.45, 7) is 0. The predicted molar refractivity (Wildman–Crippen MR) is 90.5 cm³/mol. The van der Waals surface area contributed by atoms with Gasteiger partial charge in [0, 0.05) is 23.3 Å². The van der Waals surface area contributed by atoms with E-state index < -0.39 is 0 Å². The lowest BCUT2D eigenvalue weighted by atomic mass is 9.66. The van der Waals surface area contributed by atoms with Crippen LogP contribution < -0.4 is 0 Å². The summed E-state index contributed by atoms with van der Waals surface area (Å²) < 4.78 is 0. The molecule has 1 aliphatic carbocycles. The summed E-state index contributed by atoms with van der Waals surface area (Å²) in [5.74, 6) is 0. The molecule has 0 radical (unpaired) electrons. The van der Waals surface area contributed by atoms with Gasteiger partial charge in [0.15, 0.2) is 0 Å². The summed E-state index contributed by atoms with van der Waals surface area (Å²) in [4.78, 5) is 15.4. The third kappa shape index (κ3) is 2.25. The minimum Gasteiger partial charge on any atom is -0.258 e. The molecule has 2 aromatic carbocycles. The van der Waals surface area contributed by atoms with Crippen LogP contribution in [0.25, 0.3) is 0 Å². The number of benzene rings is 2. The Morgan fingerprint density at radius 2 is 1.87 bits per heavy atom. The van der Waals surface area contributed by atoms with Gasteiger partial charge in [-0.25, -0.2) is 0 Å². The second kappa shape index (κ2) is 5.30. The number of hydrogen-bond acceptors (Lipinski definition) is 3. The Labute approximate surface area is 135 Å². The second-order valence-corrected chi connectivity index (χ2v) is 6.47. The molecule has 116 valence electrons. The predicted octanol–water partition coefficient (Wildman–Crippen LogP) is 4.74.